The maximum absolute atomic E-state index is 10.8. The molecule has 0 heterocycles. The molecule has 17 heavy (non-hydrogen) atoms. The van der Waals surface area contributed by atoms with Gasteiger partial charge in [0.25, 0.3) is 0 Å². The number of nitrogens with one attached hydrogen (secondary N) is 1. The fourth-order valence-electron chi connectivity index (χ4n) is 1.25. The van der Waals surface area contributed by atoms with Gasteiger partial charge in [0.15, 0.2) is 0 Å². The van der Waals surface area contributed by atoms with Crippen molar-refractivity contribution in [3.63, 3.8) is 0 Å². The van der Waals surface area contributed by atoms with Crippen molar-refractivity contribution >= 4 is 21.8 Å². The molecule has 0 aliphatic carbocycles. The fourth-order valence-corrected chi connectivity index (χ4v) is 1.65. The van der Waals surface area contributed by atoms with Gasteiger partial charge in [-0.25, -0.2) is 0 Å². The molecule has 0 saturated heterocycles. The van der Waals surface area contributed by atoms with Gasteiger partial charge in [-0.1, -0.05) is 18.7 Å². The molecule has 0 bridgehead atoms. The lowest BCUT2D eigenvalue weighted by Gasteiger charge is -2.07. The summed E-state index contributed by atoms with van der Waals surface area (Å²) >= 11 is 3.41. The summed E-state index contributed by atoms with van der Waals surface area (Å²) in [5.74, 6) is 0.722. The summed E-state index contributed by atoms with van der Waals surface area (Å²) in [6, 6.07) is 7.75. The van der Waals surface area contributed by atoms with Crippen LogP contribution in [0.2, 0.25) is 0 Å². The van der Waals surface area contributed by atoms with Crippen LogP contribution in [0.4, 0.5) is 0 Å². The van der Waals surface area contributed by atoms with Crippen molar-refractivity contribution in [2.45, 2.75) is 12.8 Å². The average molecular weight is 298 g/mol. The number of unbranched alkanes of at least 4 members (excludes halogenated alkanes) is 1. The summed E-state index contributed by atoms with van der Waals surface area (Å²) in [5.41, 5.74) is 0. The maximum atomic E-state index is 10.8. The van der Waals surface area contributed by atoms with E-state index in [1.807, 2.05) is 24.3 Å². The van der Waals surface area contributed by atoms with Gasteiger partial charge in [-0.3, -0.25) is 4.79 Å². The Hall–Kier alpha value is -1.29. The highest BCUT2D eigenvalue weighted by molar-refractivity contribution is 9.10. The minimum atomic E-state index is -0.128. The van der Waals surface area contributed by atoms with E-state index in [0.717, 1.165) is 23.1 Å². The highest BCUT2D eigenvalue weighted by Crippen LogP contribution is 2.23. The molecule has 0 aliphatic heterocycles. The molecule has 0 atom stereocenters. The van der Waals surface area contributed by atoms with Crippen LogP contribution in [0, 0.1) is 0 Å². The summed E-state index contributed by atoms with van der Waals surface area (Å²) in [4.78, 5) is 10.8. The first-order valence-electron chi connectivity index (χ1n) is 5.51. The van der Waals surface area contributed by atoms with E-state index in [1.54, 1.807) is 0 Å². The molecule has 0 aromatic heterocycles. The van der Waals surface area contributed by atoms with Crippen LogP contribution in [0.5, 0.6) is 5.75 Å². The van der Waals surface area contributed by atoms with Gasteiger partial charge in [-0.05, 0) is 47.0 Å². The Bertz CT molecular complexity index is 379. The molecular formula is C13H16BrNO2. The van der Waals surface area contributed by atoms with E-state index in [1.165, 1.54) is 6.08 Å². The summed E-state index contributed by atoms with van der Waals surface area (Å²) in [7, 11) is 0. The highest BCUT2D eigenvalue weighted by atomic mass is 79.9. The molecule has 0 spiro atoms. The van der Waals surface area contributed by atoms with Gasteiger partial charge in [0.2, 0.25) is 5.91 Å². The molecule has 1 amide bonds. The van der Waals surface area contributed by atoms with Crippen molar-refractivity contribution in [3.8, 4) is 5.75 Å². The number of hydrogen-bond acceptors (Lipinski definition) is 2. The maximum Gasteiger partial charge on any atom is 0.243 e. The number of ether oxygens (including phenoxy) is 1. The van der Waals surface area contributed by atoms with Crippen molar-refractivity contribution in [2.75, 3.05) is 13.2 Å². The summed E-state index contributed by atoms with van der Waals surface area (Å²) in [6.45, 7) is 4.69. The molecule has 1 aromatic carbocycles. The third-order valence-corrected chi connectivity index (χ3v) is 2.81. The van der Waals surface area contributed by atoms with Gasteiger partial charge >= 0.3 is 0 Å². The van der Waals surface area contributed by atoms with Crippen LogP contribution in [0.1, 0.15) is 12.8 Å². The molecule has 92 valence electrons. The van der Waals surface area contributed by atoms with E-state index in [4.69, 9.17) is 4.74 Å². The predicted octanol–water partition coefficient (Wildman–Crippen LogP) is 2.91. The average Bonchev–Trinajstić information content (AvgIpc) is 2.35. The molecule has 3 nitrogen and oxygen atoms in total. The Morgan fingerprint density at radius 1 is 1.41 bits per heavy atom. The van der Waals surface area contributed by atoms with Crippen molar-refractivity contribution in [3.05, 3.63) is 41.4 Å². The Kier molecular flexibility index (Phi) is 6.40. The van der Waals surface area contributed by atoms with Gasteiger partial charge in [-0.2, -0.15) is 0 Å². The summed E-state index contributed by atoms with van der Waals surface area (Å²) < 4.78 is 6.55. The Morgan fingerprint density at radius 3 is 2.88 bits per heavy atom. The van der Waals surface area contributed by atoms with Gasteiger partial charge in [-0.15, -0.1) is 0 Å². The van der Waals surface area contributed by atoms with Crippen LogP contribution in [0.25, 0.3) is 0 Å². The van der Waals surface area contributed by atoms with Gasteiger partial charge in [0, 0.05) is 6.54 Å². The van der Waals surface area contributed by atoms with E-state index in [-0.39, 0.29) is 5.91 Å². The number of carbonyl (C=O) groups is 1. The fraction of sp³-hybridized carbons (Fsp3) is 0.308. The third kappa shape index (κ3) is 5.54. The highest BCUT2D eigenvalue weighted by Gasteiger charge is 1.98. The van der Waals surface area contributed by atoms with E-state index in [9.17, 15) is 4.79 Å². The number of benzene rings is 1. The second kappa shape index (κ2) is 7.90. The minimum absolute atomic E-state index is 0.128. The molecule has 0 aliphatic rings. The standard InChI is InChI=1S/C13H16BrNO2/c1-2-13(16)15-9-5-6-10-17-12-8-4-3-7-11(12)14/h2-4,7-8H,1,5-6,9-10H2,(H,15,16). The largest absolute Gasteiger partial charge is 0.492 e. The van der Waals surface area contributed by atoms with Crippen molar-refractivity contribution in [2.24, 2.45) is 0 Å². The second-order valence-corrected chi connectivity index (χ2v) is 4.34. The molecular weight excluding hydrogens is 282 g/mol. The van der Waals surface area contributed by atoms with Gasteiger partial charge in [0.05, 0.1) is 11.1 Å². The number of hydrogen-bond donors (Lipinski definition) is 1. The molecule has 4 heteroatoms. The number of para-hydroxylation sites is 1. The zero-order valence-corrected chi connectivity index (χ0v) is 11.2. The van der Waals surface area contributed by atoms with Crippen molar-refractivity contribution < 1.29 is 9.53 Å². The first kappa shape index (κ1) is 13.8. The van der Waals surface area contributed by atoms with Crippen LogP contribution in [-0.4, -0.2) is 19.1 Å². The molecule has 0 unspecified atom stereocenters. The summed E-state index contributed by atoms with van der Waals surface area (Å²) in [5, 5.41) is 2.72. The quantitative estimate of drug-likeness (QED) is 0.621. The van der Waals surface area contributed by atoms with E-state index >= 15 is 0 Å². The number of carbonyl (C=O) groups excluding carboxylic acids is 1. The van der Waals surface area contributed by atoms with Gasteiger partial charge in [0.1, 0.15) is 5.75 Å². The van der Waals surface area contributed by atoms with E-state index in [2.05, 4.69) is 27.8 Å². The molecule has 0 fully saturated rings. The van der Waals surface area contributed by atoms with Gasteiger partial charge < -0.3 is 10.1 Å². The normalized spacial score (nSPS) is 9.71. The lowest BCUT2D eigenvalue weighted by molar-refractivity contribution is -0.116. The monoisotopic (exact) mass is 297 g/mol. The third-order valence-electron chi connectivity index (χ3n) is 2.15. The number of rotatable bonds is 7. The van der Waals surface area contributed by atoms with Crippen LogP contribution in [-0.2, 0) is 4.79 Å². The molecule has 1 aromatic rings. The van der Waals surface area contributed by atoms with E-state index in [0.29, 0.717) is 13.2 Å². The topological polar surface area (TPSA) is 38.3 Å². The van der Waals surface area contributed by atoms with Crippen LogP contribution in [0.15, 0.2) is 41.4 Å². The second-order valence-electron chi connectivity index (χ2n) is 3.48. The predicted molar refractivity (Wildman–Crippen MR) is 72.1 cm³/mol. The van der Waals surface area contributed by atoms with E-state index < -0.39 is 0 Å². The Labute approximate surface area is 110 Å². The number of amides is 1. The number of halogens is 1. The van der Waals surface area contributed by atoms with Crippen LogP contribution < -0.4 is 10.1 Å². The van der Waals surface area contributed by atoms with Crippen LogP contribution in [0.3, 0.4) is 0 Å². The zero-order valence-electron chi connectivity index (χ0n) is 9.62. The lowest BCUT2D eigenvalue weighted by Crippen LogP contribution is -2.22. The lowest BCUT2D eigenvalue weighted by atomic mass is 10.3. The summed E-state index contributed by atoms with van der Waals surface area (Å²) in [6.07, 6.45) is 3.07. The molecule has 0 saturated carbocycles. The SMILES string of the molecule is C=CC(=O)NCCCCOc1ccccc1Br. The smallest absolute Gasteiger partial charge is 0.243 e. The first-order valence-corrected chi connectivity index (χ1v) is 6.31. The minimum Gasteiger partial charge on any atom is -0.492 e. The molecule has 1 N–H and O–H groups in total. The molecule has 1 rings (SSSR count). The van der Waals surface area contributed by atoms with Crippen LogP contribution >= 0.6 is 15.9 Å². The zero-order chi connectivity index (χ0) is 12.5. The van der Waals surface area contributed by atoms with Crippen molar-refractivity contribution in [1.29, 1.82) is 0 Å². The Balaban J connectivity index is 2.11. The Morgan fingerprint density at radius 2 is 2.18 bits per heavy atom. The first-order chi connectivity index (χ1) is 8.24. The molecule has 0 radical (unpaired) electrons. The van der Waals surface area contributed by atoms with Crippen molar-refractivity contribution in [1.82, 2.24) is 5.32 Å².